The summed E-state index contributed by atoms with van der Waals surface area (Å²) in [6, 6.07) is 7.84. The predicted molar refractivity (Wildman–Crippen MR) is 74.7 cm³/mol. The summed E-state index contributed by atoms with van der Waals surface area (Å²) in [5.41, 5.74) is 7.78. The van der Waals surface area contributed by atoms with Crippen LogP contribution in [-0.4, -0.2) is 11.5 Å². The minimum absolute atomic E-state index is 0.650. The molecule has 2 rings (SSSR count). The molecule has 4 heteroatoms. The largest absolute Gasteiger partial charge is 0.330 e. The van der Waals surface area contributed by atoms with Crippen molar-refractivity contribution < 1.29 is 0 Å². The number of rotatable bonds is 4. The lowest BCUT2D eigenvalue weighted by Crippen LogP contribution is -2.01. The summed E-state index contributed by atoms with van der Waals surface area (Å²) in [6.07, 6.45) is 1.85. The smallest absolute Gasteiger partial charge is 0.0948 e. The minimum atomic E-state index is 0.650. The normalized spacial score (nSPS) is 10.8. The maximum Gasteiger partial charge on any atom is 0.0948 e. The molecule has 1 heterocycles. The van der Waals surface area contributed by atoms with Crippen LogP contribution >= 0.6 is 22.9 Å². The molecule has 0 radical (unpaired) electrons. The Kier molecular flexibility index (Phi) is 4.15. The summed E-state index contributed by atoms with van der Waals surface area (Å²) >= 11 is 7.65. The number of halogens is 1. The number of aromatic nitrogens is 1. The molecule has 0 bridgehead atoms. The molecule has 17 heavy (non-hydrogen) atoms. The Morgan fingerprint density at radius 2 is 2.00 bits per heavy atom. The van der Waals surface area contributed by atoms with Gasteiger partial charge < -0.3 is 5.73 Å². The fourth-order valence-electron chi connectivity index (χ4n) is 1.70. The van der Waals surface area contributed by atoms with Gasteiger partial charge in [-0.25, -0.2) is 4.98 Å². The molecule has 1 aromatic carbocycles. The van der Waals surface area contributed by atoms with E-state index in [1.165, 1.54) is 4.88 Å². The fraction of sp³-hybridized carbons (Fsp3) is 0.308. The third kappa shape index (κ3) is 2.86. The predicted octanol–water partition coefficient (Wildman–Crippen LogP) is 3.53. The first-order valence-electron chi connectivity index (χ1n) is 5.69. The zero-order chi connectivity index (χ0) is 12.3. The summed E-state index contributed by atoms with van der Waals surface area (Å²) in [6.45, 7) is 2.80. The molecule has 0 saturated carbocycles. The van der Waals surface area contributed by atoms with Crippen molar-refractivity contribution in [3.63, 3.8) is 0 Å². The molecule has 0 aliphatic heterocycles. The molecule has 2 N–H and O–H groups in total. The highest BCUT2D eigenvalue weighted by Crippen LogP contribution is 2.29. The molecule has 1 aromatic heterocycles. The standard InChI is InChI=1S/C13H15ClN2S/c1-2-11-13(16-12(17-11)7-8-15)9-3-5-10(14)6-4-9/h3-6H,2,7-8,15H2,1H3. The van der Waals surface area contributed by atoms with E-state index in [2.05, 4.69) is 11.9 Å². The molecule has 0 atom stereocenters. The van der Waals surface area contributed by atoms with E-state index >= 15 is 0 Å². The lowest BCUT2D eigenvalue weighted by atomic mass is 10.1. The summed E-state index contributed by atoms with van der Waals surface area (Å²) < 4.78 is 0. The number of hydrogen-bond acceptors (Lipinski definition) is 3. The van der Waals surface area contributed by atoms with Crippen LogP contribution in [0.15, 0.2) is 24.3 Å². The fourth-order valence-corrected chi connectivity index (χ4v) is 2.88. The second kappa shape index (κ2) is 5.63. The van der Waals surface area contributed by atoms with Gasteiger partial charge in [0.2, 0.25) is 0 Å². The number of hydrogen-bond donors (Lipinski definition) is 1. The summed E-state index contributed by atoms with van der Waals surface area (Å²) in [5, 5.41) is 1.87. The van der Waals surface area contributed by atoms with Gasteiger partial charge in [0.05, 0.1) is 10.7 Å². The van der Waals surface area contributed by atoms with Gasteiger partial charge in [0.1, 0.15) is 0 Å². The molecule has 0 amide bonds. The van der Waals surface area contributed by atoms with Gasteiger partial charge in [0.25, 0.3) is 0 Å². The number of aryl methyl sites for hydroxylation is 1. The van der Waals surface area contributed by atoms with Crippen LogP contribution < -0.4 is 5.73 Å². The second-order valence-electron chi connectivity index (χ2n) is 3.78. The molecule has 0 fully saturated rings. The monoisotopic (exact) mass is 266 g/mol. The Balaban J connectivity index is 2.39. The maximum absolute atomic E-state index is 5.89. The van der Waals surface area contributed by atoms with Gasteiger partial charge in [-0.05, 0) is 25.1 Å². The van der Waals surface area contributed by atoms with Gasteiger partial charge in [0, 0.05) is 21.9 Å². The van der Waals surface area contributed by atoms with E-state index in [0.717, 1.165) is 34.1 Å². The van der Waals surface area contributed by atoms with Crippen molar-refractivity contribution in [2.24, 2.45) is 5.73 Å². The Labute approximate surface area is 110 Å². The summed E-state index contributed by atoms with van der Waals surface area (Å²) in [5.74, 6) is 0. The number of nitrogens with zero attached hydrogens (tertiary/aromatic N) is 1. The van der Waals surface area contributed by atoms with Crippen molar-refractivity contribution >= 4 is 22.9 Å². The third-order valence-electron chi connectivity index (χ3n) is 2.54. The first-order valence-corrected chi connectivity index (χ1v) is 6.88. The highest BCUT2D eigenvalue weighted by atomic mass is 35.5. The van der Waals surface area contributed by atoms with Crippen LogP contribution in [0.3, 0.4) is 0 Å². The van der Waals surface area contributed by atoms with E-state index in [-0.39, 0.29) is 0 Å². The zero-order valence-corrected chi connectivity index (χ0v) is 11.3. The quantitative estimate of drug-likeness (QED) is 0.920. The number of thiazole rings is 1. The molecule has 0 aliphatic carbocycles. The summed E-state index contributed by atoms with van der Waals surface area (Å²) in [4.78, 5) is 5.98. The van der Waals surface area contributed by atoms with E-state index in [4.69, 9.17) is 17.3 Å². The third-order valence-corrected chi connectivity index (χ3v) is 4.05. The SMILES string of the molecule is CCc1sc(CCN)nc1-c1ccc(Cl)cc1. The van der Waals surface area contributed by atoms with Crippen molar-refractivity contribution in [3.05, 3.63) is 39.2 Å². The van der Waals surface area contributed by atoms with Gasteiger partial charge in [-0.2, -0.15) is 0 Å². The van der Waals surface area contributed by atoms with Crippen molar-refractivity contribution in [3.8, 4) is 11.3 Å². The molecule has 0 aliphatic rings. The molecule has 90 valence electrons. The Morgan fingerprint density at radius 3 is 2.59 bits per heavy atom. The lowest BCUT2D eigenvalue weighted by molar-refractivity contribution is 0.953. The highest BCUT2D eigenvalue weighted by molar-refractivity contribution is 7.12. The van der Waals surface area contributed by atoms with Crippen LogP contribution in [0, 0.1) is 0 Å². The van der Waals surface area contributed by atoms with Crippen LogP contribution in [0.25, 0.3) is 11.3 Å². The Morgan fingerprint density at radius 1 is 1.29 bits per heavy atom. The Hall–Kier alpha value is -0.900. The van der Waals surface area contributed by atoms with E-state index in [0.29, 0.717) is 6.54 Å². The van der Waals surface area contributed by atoms with Gasteiger partial charge in [-0.3, -0.25) is 0 Å². The van der Waals surface area contributed by atoms with Crippen molar-refractivity contribution in [1.29, 1.82) is 0 Å². The van der Waals surface area contributed by atoms with Gasteiger partial charge in [-0.1, -0.05) is 30.7 Å². The molecule has 0 saturated heterocycles. The van der Waals surface area contributed by atoms with Crippen molar-refractivity contribution in [2.75, 3.05) is 6.54 Å². The topological polar surface area (TPSA) is 38.9 Å². The average molecular weight is 267 g/mol. The van der Waals surface area contributed by atoms with Gasteiger partial charge >= 0.3 is 0 Å². The van der Waals surface area contributed by atoms with E-state index < -0.39 is 0 Å². The lowest BCUT2D eigenvalue weighted by Gasteiger charge is -1.99. The Bertz CT molecular complexity index is 491. The molecule has 0 unspecified atom stereocenters. The van der Waals surface area contributed by atoms with Crippen molar-refractivity contribution in [2.45, 2.75) is 19.8 Å². The molecular weight excluding hydrogens is 252 g/mol. The molecule has 2 aromatic rings. The average Bonchev–Trinajstić information content (AvgIpc) is 2.74. The van der Waals surface area contributed by atoms with Crippen LogP contribution in [0.1, 0.15) is 16.8 Å². The van der Waals surface area contributed by atoms with Crippen LogP contribution in [0.5, 0.6) is 0 Å². The molecule has 2 nitrogen and oxygen atoms in total. The van der Waals surface area contributed by atoms with Gasteiger partial charge in [-0.15, -0.1) is 11.3 Å². The first-order chi connectivity index (χ1) is 8.24. The maximum atomic E-state index is 5.89. The van der Waals surface area contributed by atoms with Crippen LogP contribution in [0.2, 0.25) is 5.02 Å². The number of nitrogens with two attached hydrogens (primary N) is 1. The molecular formula is C13H15ClN2S. The highest BCUT2D eigenvalue weighted by Gasteiger charge is 2.11. The number of benzene rings is 1. The van der Waals surface area contributed by atoms with E-state index in [1.807, 2.05) is 24.3 Å². The minimum Gasteiger partial charge on any atom is -0.330 e. The zero-order valence-electron chi connectivity index (χ0n) is 9.74. The van der Waals surface area contributed by atoms with E-state index in [9.17, 15) is 0 Å². The van der Waals surface area contributed by atoms with E-state index in [1.54, 1.807) is 11.3 Å². The van der Waals surface area contributed by atoms with Crippen LogP contribution in [0.4, 0.5) is 0 Å². The first kappa shape index (κ1) is 12.6. The van der Waals surface area contributed by atoms with Crippen molar-refractivity contribution in [1.82, 2.24) is 4.98 Å². The van der Waals surface area contributed by atoms with Gasteiger partial charge in [0.15, 0.2) is 0 Å². The van der Waals surface area contributed by atoms with Crippen LogP contribution in [-0.2, 0) is 12.8 Å². The second-order valence-corrected chi connectivity index (χ2v) is 5.38. The molecule has 0 spiro atoms. The summed E-state index contributed by atoms with van der Waals surface area (Å²) in [7, 11) is 0.